The van der Waals surface area contributed by atoms with E-state index in [1.165, 1.54) is 24.8 Å². The zero-order valence-electron chi connectivity index (χ0n) is 7.64. The molecule has 0 aromatic rings. The third-order valence-electron chi connectivity index (χ3n) is 2.64. The molecule has 0 bridgehead atoms. The highest BCUT2D eigenvalue weighted by atomic mass is 14.2. The zero-order valence-corrected chi connectivity index (χ0v) is 7.64. The van der Waals surface area contributed by atoms with Crippen LogP contribution in [0, 0.1) is 11.8 Å². The van der Waals surface area contributed by atoms with E-state index >= 15 is 0 Å². The van der Waals surface area contributed by atoms with Crippen LogP contribution in [0.1, 0.15) is 33.1 Å². The quantitative estimate of drug-likeness (QED) is 0.540. The van der Waals surface area contributed by atoms with Gasteiger partial charge in [0, 0.05) is 0 Å². The Kier molecular flexibility index (Phi) is 2.92. The minimum atomic E-state index is 0.730. The summed E-state index contributed by atoms with van der Waals surface area (Å²) >= 11 is 0. The van der Waals surface area contributed by atoms with Crippen LogP contribution in [0.25, 0.3) is 0 Å². The van der Waals surface area contributed by atoms with Gasteiger partial charge in [-0.2, -0.15) is 0 Å². The van der Waals surface area contributed by atoms with Crippen molar-refractivity contribution in [3.05, 3.63) is 24.3 Å². The second-order valence-electron chi connectivity index (χ2n) is 3.53. The van der Waals surface area contributed by atoms with E-state index < -0.39 is 0 Å². The SMILES string of the molecule is C=C(C)C(CC)C1C=CCC1. The first kappa shape index (κ1) is 8.58. The fourth-order valence-corrected chi connectivity index (χ4v) is 2.01. The monoisotopic (exact) mass is 150 g/mol. The topological polar surface area (TPSA) is 0 Å². The molecule has 0 amide bonds. The van der Waals surface area contributed by atoms with E-state index in [9.17, 15) is 0 Å². The van der Waals surface area contributed by atoms with Gasteiger partial charge in [0.05, 0.1) is 0 Å². The Morgan fingerprint density at radius 3 is 2.82 bits per heavy atom. The molecule has 0 N–H and O–H groups in total. The van der Waals surface area contributed by atoms with E-state index in [1.807, 2.05) is 0 Å². The van der Waals surface area contributed by atoms with Gasteiger partial charge in [0.2, 0.25) is 0 Å². The summed E-state index contributed by atoms with van der Waals surface area (Å²) in [4.78, 5) is 0. The van der Waals surface area contributed by atoms with Gasteiger partial charge in [-0.3, -0.25) is 0 Å². The lowest BCUT2D eigenvalue weighted by Gasteiger charge is -2.20. The number of allylic oxidation sites excluding steroid dienone is 3. The molecule has 0 fully saturated rings. The average molecular weight is 150 g/mol. The molecule has 0 saturated carbocycles. The molecule has 1 rings (SSSR count). The third kappa shape index (κ3) is 1.95. The van der Waals surface area contributed by atoms with E-state index in [0.717, 1.165) is 11.8 Å². The van der Waals surface area contributed by atoms with Gasteiger partial charge in [0.15, 0.2) is 0 Å². The summed E-state index contributed by atoms with van der Waals surface area (Å²) in [6.07, 6.45) is 8.52. The highest BCUT2D eigenvalue weighted by Crippen LogP contribution is 2.31. The van der Waals surface area contributed by atoms with E-state index in [0.29, 0.717) is 0 Å². The Morgan fingerprint density at radius 2 is 2.45 bits per heavy atom. The normalized spacial score (nSPS) is 25.5. The largest absolute Gasteiger partial charge is 0.0998 e. The van der Waals surface area contributed by atoms with Crippen LogP contribution in [0.15, 0.2) is 24.3 Å². The molecule has 1 aliphatic carbocycles. The summed E-state index contributed by atoms with van der Waals surface area (Å²) in [6, 6.07) is 0. The Balaban J connectivity index is 2.54. The Hall–Kier alpha value is -0.520. The Bertz CT molecular complexity index is 165. The van der Waals surface area contributed by atoms with Crippen LogP contribution in [0.2, 0.25) is 0 Å². The van der Waals surface area contributed by atoms with Crippen molar-refractivity contribution in [3.63, 3.8) is 0 Å². The van der Waals surface area contributed by atoms with Gasteiger partial charge < -0.3 is 0 Å². The summed E-state index contributed by atoms with van der Waals surface area (Å²) in [5.41, 5.74) is 1.35. The van der Waals surface area contributed by atoms with Gasteiger partial charge in [-0.1, -0.05) is 31.2 Å². The second kappa shape index (κ2) is 3.75. The molecule has 0 saturated heterocycles. The van der Waals surface area contributed by atoms with Gasteiger partial charge in [-0.25, -0.2) is 0 Å². The molecule has 1 aliphatic rings. The predicted octanol–water partition coefficient (Wildman–Crippen LogP) is 3.55. The van der Waals surface area contributed by atoms with E-state index in [-0.39, 0.29) is 0 Å². The maximum atomic E-state index is 4.04. The summed E-state index contributed by atoms with van der Waals surface area (Å²) < 4.78 is 0. The van der Waals surface area contributed by atoms with E-state index in [1.54, 1.807) is 0 Å². The smallest absolute Gasteiger partial charge is 0.0148 e. The molecule has 0 aromatic heterocycles. The zero-order chi connectivity index (χ0) is 8.27. The van der Waals surface area contributed by atoms with Crippen LogP contribution >= 0.6 is 0 Å². The van der Waals surface area contributed by atoms with Crippen LogP contribution in [0.3, 0.4) is 0 Å². The number of hydrogen-bond acceptors (Lipinski definition) is 0. The molecule has 11 heavy (non-hydrogen) atoms. The maximum Gasteiger partial charge on any atom is -0.0148 e. The molecule has 0 nitrogen and oxygen atoms in total. The first-order valence-corrected chi connectivity index (χ1v) is 4.57. The van der Waals surface area contributed by atoms with Crippen molar-refractivity contribution >= 4 is 0 Å². The van der Waals surface area contributed by atoms with Crippen LogP contribution in [0.4, 0.5) is 0 Å². The molecule has 0 spiro atoms. The Morgan fingerprint density at radius 1 is 1.73 bits per heavy atom. The average Bonchev–Trinajstić information content (AvgIpc) is 2.40. The van der Waals surface area contributed by atoms with Crippen molar-refractivity contribution in [2.45, 2.75) is 33.1 Å². The standard InChI is InChI=1S/C11H18/c1-4-11(9(2)3)10-7-5-6-8-10/h5,7,10-11H,2,4,6,8H2,1,3H3. The molecule has 0 heterocycles. The first-order chi connectivity index (χ1) is 5.25. The molecule has 2 unspecified atom stereocenters. The maximum absolute atomic E-state index is 4.04. The first-order valence-electron chi connectivity index (χ1n) is 4.57. The molecular weight excluding hydrogens is 132 g/mol. The molecule has 2 atom stereocenters. The fourth-order valence-electron chi connectivity index (χ4n) is 2.01. The van der Waals surface area contributed by atoms with Crippen molar-refractivity contribution in [3.8, 4) is 0 Å². The van der Waals surface area contributed by atoms with Crippen molar-refractivity contribution in [2.75, 3.05) is 0 Å². The van der Waals surface area contributed by atoms with Crippen LogP contribution in [-0.2, 0) is 0 Å². The van der Waals surface area contributed by atoms with Gasteiger partial charge in [0.1, 0.15) is 0 Å². The lowest BCUT2D eigenvalue weighted by molar-refractivity contribution is 0.434. The van der Waals surface area contributed by atoms with Gasteiger partial charge >= 0.3 is 0 Å². The molecule has 62 valence electrons. The van der Waals surface area contributed by atoms with Crippen molar-refractivity contribution in [1.29, 1.82) is 0 Å². The van der Waals surface area contributed by atoms with Gasteiger partial charge in [-0.05, 0) is 38.0 Å². The van der Waals surface area contributed by atoms with Gasteiger partial charge in [-0.15, -0.1) is 0 Å². The number of hydrogen-bond donors (Lipinski definition) is 0. The summed E-state index contributed by atoms with van der Waals surface area (Å²) in [5.74, 6) is 1.52. The lowest BCUT2D eigenvalue weighted by Crippen LogP contribution is -2.10. The lowest BCUT2D eigenvalue weighted by atomic mass is 9.85. The van der Waals surface area contributed by atoms with Crippen LogP contribution in [-0.4, -0.2) is 0 Å². The second-order valence-corrected chi connectivity index (χ2v) is 3.53. The van der Waals surface area contributed by atoms with Crippen molar-refractivity contribution in [1.82, 2.24) is 0 Å². The van der Waals surface area contributed by atoms with Crippen molar-refractivity contribution in [2.24, 2.45) is 11.8 Å². The van der Waals surface area contributed by atoms with Crippen LogP contribution < -0.4 is 0 Å². The summed E-state index contributed by atoms with van der Waals surface area (Å²) in [5, 5.41) is 0. The minimum Gasteiger partial charge on any atom is -0.0998 e. The molecule has 0 aromatic carbocycles. The summed E-state index contributed by atoms with van der Waals surface area (Å²) in [6.45, 7) is 8.45. The molecule has 0 radical (unpaired) electrons. The summed E-state index contributed by atoms with van der Waals surface area (Å²) in [7, 11) is 0. The third-order valence-corrected chi connectivity index (χ3v) is 2.64. The molecule has 0 aliphatic heterocycles. The highest BCUT2D eigenvalue weighted by Gasteiger charge is 2.19. The van der Waals surface area contributed by atoms with Gasteiger partial charge in [0.25, 0.3) is 0 Å². The van der Waals surface area contributed by atoms with E-state index in [2.05, 4.69) is 32.6 Å². The Labute approximate surface area is 70.0 Å². The fraction of sp³-hybridized carbons (Fsp3) is 0.636. The highest BCUT2D eigenvalue weighted by molar-refractivity contribution is 5.07. The van der Waals surface area contributed by atoms with E-state index in [4.69, 9.17) is 0 Å². The van der Waals surface area contributed by atoms with Crippen LogP contribution in [0.5, 0.6) is 0 Å². The predicted molar refractivity (Wildman–Crippen MR) is 50.5 cm³/mol. The molecule has 0 heteroatoms. The van der Waals surface area contributed by atoms with Crippen molar-refractivity contribution < 1.29 is 0 Å². The number of rotatable bonds is 3. The molecular formula is C11H18. The minimum absolute atomic E-state index is 0.730.